The Balaban J connectivity index is 1.74. The van der Waals surface area contributed by atoms with Crippen LogP contribution in [0.25, 0.3) is 0 Å². The first-order valence-electron chi connectivity index (χ1n) is 7.10. The number of nitrogens with zero attached hydrogens (tertiary/aromatic N) is 2. The van der Waals surface area contributed by atoms with Gasteiger partial charge >= 0.3 is 0 Å². The van der Waals surface area contributed by atoms with E-state index in [2.05, 4.69) is 22.6 Å². The fourth-order valence-electron chi connectivity index (χ4n) is 2.87. The van der Waals surface area contributed by atoms with E-state index in [0.29, 0.717) is 26.2 Å². The number of hydrogen-bond acceptors (Lipinski definition) is 4. The van der Waals surface area contributed by atoms with E-state index in [4.69, 9.17) is 16.3 Å². The Morgan fingerprint density at radius 2 is 1.91 bits per heavy atom. The predicted molar refractivity (Wildman–Crippen MR) is 93.9 cm³/mol. The number of carbonyl (C=O) groups is 1. The number of hydrogen-bond donors (Lipinski definition) is 0. The Morgan fingerprint density at radius 1 is 1.26 bits per heavy atom. The van der Waals surface area contributed by atoms with Crippen molar-refractivity contribution in [2.45, 2.75) is 10.5 Å². The van der Waals surface area contributed by atoms with Gasteiger partial charge in [-0.3, -0.25) is 4.79 Å². The zero-order valence-electron chi connectivity index (χ0n) is 12.2. The number of alkyl halides is 1. The van der Waals surface area contributed by atoms with Crippen LogP contribution >= 0.6 is 34.2 Å². The minimum absolute atomic E-state index is 0.0687. The monoisotopic (exact) mass is 470 g/mol. The third-order valence-electron chi connectivity index (χ3n) is 4.09. The molecule has 1 aromatic carbocycles. The van der Waals surface area contributed by atoms with Crippen molar-refractivity contribution in [2.24, 2.45) is 0 Å². The van der Waals surface area contributed by atoms with Gasteiger partial charge in [-0.05, 0) is 46.9 Å². The molecule has 1 amide bonds. The molecular weight excluding hydrogens is 455 g/mol. The van der Waals surface area contributed by atoms with Crippen LogP contribution in [-0.2, 0) is 19.6 Å². The molecule has 2 aliphatic heterocycles. The molecule has 3 rings (SSSR count). The summed E-state index contributed by atoms with van der Waals surface area (Å²) in [4.78, 5) is 13.4. The summed E-state index contributed by atoms with van der Waals surface area (Å²) in [5.41, 5.74) is -0.601. The van der Waals surface area contributed by atoms with E-state index in [0.717, 1.165) is 3.57 Å². The molecule has 0 bridgehead atoms. The smallest absolute Gasteiger partial charge is 0.243 e. The van der Waals surface area contributed by atoms with Crippen molar-refractivity contribution in [3.63, 3.8) is 0 Å². The summed E-state index contributed by atoms with van der Waals surface area (Å²) >= 11 is 7.68. The van der Waals surface area contributed by atoms with Gasteiger partial charge in [0.2, 0.25) is 15.9 Å². The molecule has 0 aromatic heterocycles. The topological polar surface area (TPSA) is 66.9 Å². The summed E-state index contributed by atoms with van der Waals surface area (Å²) in [6.45, 7) is 1.67. The molecular formula is C14H16ClIN2O4S. The number of rotatable bonds is 3. The zero-order valence-corrected chi connectivity index (χ0v) is 16.0. The van der Waals surface area contributed by atoms with Crippen molar-refractivity contribution in [3.05, 3.63) is 27.8 Å². The van der Waals surface area contributed by atoms with Crippen LogP contribution in [-0.4, -0.2) is 67.8 Å². The summed E-state index contributed by atoms with van der Waals surface area (Å²) in [5.74, 6) is -0.223. The number of likely N-dealkylation sites (tertiary alicyclic amines) is 1. The van der Waals surface area contributed by atoms with Gasteiger partial charge in [0.25, 0.3) is 0 Å². The Morgan fingerprint density at radius 3 is 2.52 bits per heavy atom. The third kappa shape index (κ3) is 3.37. The fourth-order valence-corrected chi connectivity index (χ4v) is 4.90. The molecule has 6 nitrogen and oxygen atoms in total. The van der Waals surface area contributed by atoms with Crippen molar-refractivity contribution in [1.29, 1.82) is 0 Å². The third-order valence-corrected chi connectivity index (χ3v) is 6.90. The lowest BCUT2D eigenvalue weighted by atomic mass is 9.92. The summed E-state index contributed by atoms with van der Waals surface area (Å²) in [5, 5.41) is 0. The van der Waals surface area contributed by atoms with Gasteiger partial charge in [0, 0.05) is 16.7 Å². The Hall–Kier alpha value is -0.420. The van der Waals surface area contributed by atoms with Gasteiger partial charge in [0.05, 0.1) is 24.6 Å². The van der Waals surface area contributed by atoms with Crippen molar-refractivity contribution in [1.82, 2.24) is 9.21 Å². The lowest BCUT2D eigenvalue weighted by molar-refractivity contribution is -0.181. The van der Waals surface area contributed by atoms with Gasteiger partial charge < -0.3 is 9.64 Å². The SMILES string of the molecule is O=C(CCl)N1CC2(C1)CN(S(=O)(=O)c1ccc(I)cc1)CCO2. The Bertz CT molecular complexity index is 704. The van der Waals surface area contributed by atoms with E-state index in [1.165, 1.54) is 4.31 Å². The van der Waals surface area contributed by atoms with Crippen molar-refractivity contribution < 1.29 is 17.9 Å². The molecule has 0 N–H and O–H groups in total. The van der Waals surface area contributed by atoms with Crippen LogP contribution < -0.4 is 0 Å². The van der Waals surface area contributed by atoms with Crippen molar-refractivity contribution in [2.75, 3.05) is 38.7 Å². The molecule has 0 radical (unpaired) electrons. The van der Waals surface area contributed by atoms with Crippen LogP contribution in [0.3, 0.4) is 0 Å². The van der Waals surface area contributed by atoms with E-state index in [9.17, 15) is 13.2 Å². The number of sulfonamides is 1. The second kappa shape index (κ2) is 6.47. The molecule has 2 heterocycles. The predicted octanol–water partition coefficient (Wildman–Crippen LogP) is 1.13. The first-order chi connectivity index (χ1) is 10.9. The molecule has 23 heavy (non-hydrogen) atoms. The molecule has 1 spiro atoms. The zero-order chi connectivity index (χ0) is 16.7. The van der Waals surface area contributed by atoms with E-state index < -0.39 is 15.6 Å². The lowest BCUT2D eigenvalue weighted by Gasteiger charge is -2.53. The molecule has 1 aromatic rings. The first-order valence-corrected chi connectivity index (χ1v) is 10.2. The highest BCUT2D eigenvalue weighted by Gasteiger charge is 2.50. The molecule has 2 saturated heterocycles. The van der Waals surface area contributed by atoms with E-state index in [1.54, 1.807) is 29.2 Å². The second-order valence-electron chi connectivity index (χ2n) is 5.71. The van der Waals surface area contributed by atoms with Gasteiger partial charge in [-0.25, -0.2) is 8.42 Å². The molecule has 0 saturated carbocycles. The maximum atomic E-state index is 12.8. The van der Waals surface area contributed by atoms with Crippen LogP contribution in [0.4, 0.5) is 0 Å². The molecule has 2 fully saturated rings. The average Bonchev–Trinajstić information content (AvgIpc) is 2.52. The number of ether oxygens (including phenoxy) is 1. The maximum absolute atomic E-state index is 12.8. The number of morpholine rings is 1. The van der Waals surface area contributed by atoms with E-state index >= 15 is 0 Å². The average molecular weight is 471 g/mol. The minimum Gasteiger partial charge on any atom is -0.369 e. The highest BCUT2D eigenvalue weighted by Crippen LogP contribution is 2.32. The van der Waals surface area contributed by atoms with Crippen LogP contribution in [0.15, 0.2) is 29.2 Å². The fraction of sp³-hybridized carbons (Fsp3) is 0.500. The maximum Gasteiger partial charge on any atom is 0.243 e. The van der Waals surface area contributed by atoms with Gasteiger partial charge in [-0.15, -0.1) is 11.6 Å². The largest absolute Gasteiger partial charge is 0.369 e. The first kappa shape index (κ1) is 17.4. The summed E-state index contributed by atoms with van der Waals surface area (Å²) in [6, 6.07) is 6.77. The van der Waals surface area contributed by atoms with E-state index in [1.807, 2.05) is 0 Å². The van der Waals surface area contributed by atoms with Crippen molar-refractivity contribution >= 4 is 50.1 Å². The second-order valence-corrected chi connectivity index (χ2v) is 9.16. The quantitative estimate of drug-likeness (QED) is 0.491. The standard InChI is InChI=1S/C14H16ClIN2O4S/c15-7-13(19)17-8-14(9-17)10-18(5-6-22-14)23(20,21)12-3-1-11(16)2-4-12/h1-4H,5-10H2. The van der Waals surface area contributed by atoms with Crippen molar-refractivity contribution in [3.8, 4) is 0 Å². The van der Waals surface area contributed by atoms with E-state index in [-0.39, 0.29) is 23.2 Å². The number of benzene rings is 1. The summed E-state index contributed by atoms with van der Waals surface area (Å²) in [7, 11) is -3.55. The summed E-state index contributed by atoms with van der Waals surface area (Å²) in [6.07, 6.45) is 0. The van der Waals surface area contributed by atoms with Gasteiger partial charge in [0.1, 0.15) is 11.5 Å². The lowest BCUT2D eigenvalue weighted by Crippen LogP contribution is -2.71. The van der Waals surface area contributed by atoms with Gasteiger partial charge in [-0.2, -0.15) is 4.31 Å². The molecule has 9 heteroatoms. The van der Waals surface area contributed by atoms with Crippen LogP contribution in [0.5, 0.6) is 0 Å². The number of halogens is 2. The number of amides is 1. The Labute approximate surface area is 153 Å². The van der Waals surface area contributed by atoms with Crippen LogP contribution in [0, 0.1) is 3.57 Å². The molecule has 126 valence electrons. The van der Waals surface area contributed by atoms with Crippen LogP contribution in [0.2, 0.25) is 0 Å². The van der Waals surface area contributed by atoms with Gasteiger partial charge in [-0.1, -0.05) is 0 Å². The minimum atomic E-state index is -3.55. The number of carbonyl (C=O) groups excluding carboxylic acids is 1. The molecule has 0 atom stereocenters. The molecule has 0 unspecified atom stereocenters. The van der Waals surface area contributed by atoms with Gasteiger partial charge in [0.15, 0.2) is 0 Å². The molecule has 2 aliphatic rings. The molecule has 0 aliphatic carbocycles. The Kier molecular flexibility index (Phi) is 4.90. The normalized spacial score (nSPS) is 21.2. The summed E-state index contributed by atoms with van der Waals surface area (Å²) < 4.78 is 33.7. The highest BCUT2D eigenvalue weighted by atomic mass is 127. The highest BCUT2D eigenvalue weighted by molar-refractivity contribution is 14.1. The van der Waals surface area contributed by atoms with Crippen LogP contribution in [0.1, 0.15) is 0 Å².